The van der Waals surface area contributed by atoms with Crippen molar-refractivity contribution in [3.8, 4) is 0 Å². The minimum atomic E-state index is -0.430. The van der Waals surface area contributed by atoms with Gasteiger partial charge in [-0.1, -0.05) is 6.08 Å². The van der Waals surface area contributed by atoms with Crippen LogP contribution < -0.4 is 11.1 Å². The Labute approximate surface area is 102 Å². The molecule has 0 bridgehead atoms. The van der Waals surface area contributed by atoms with Crippen molar-refractivity contribution in [1.29, 1.82) is 0 Å². The van der Waals surface area contributed by atoms with Gasteiger partial charge in [0.2, 0.25) is 6.41 Å². The van der Waals surface area contributed by atoms with Crippen molar-refractivity contribution in [2.24, 2.45) is 5.73 Å². The van der Waals surface area contributed by atoms with Gasteiger partial charge in [-0.05, 0) is 25.8 Å². The van der Waals surface area contributed by atoms with E-state index in [1.807, 2.05) is 13.0 Å². The van der Waals surface area contributed by atoms with E-state index in [0.717, 1.165) is 5.57 Å². The Morgan fingerprint density at radius 1 is 1.53 bits per heavy atom. The van der Waals surface area contributed by atoms with E-state index in [1.165, 1.54) is 0 Å². The molecule has 0 saturated heterocycles. The summed E-state index contributed by atoms with van der Waals surface area (Å²) in [5, 5.41) is 21.8. The summed E-state index contributed by atoms with van der Waals surface area (Å²) in [6, 6.07) is 0.0325. The summed E-state index contributed by atoms with van der Waals surface area (Å²) in [4.78, 5) is 10.3. The van der Waals surface area contributed by atoms with Crippen LogP contribution in [0.5, 0.6) is 0 Å². The number of nitrogens with two attached hydrogens (primary N) is 1. The molecule has 0 aliphatic heterocycles. The van der Waals surface area contributed by atoms with Gasteiger partial charge in [0.25, 0.3) is 0 Å². The van der Waals surface area contributed by atoms with Gasteiger partial charge in [0, 0.05) is 19.1 Å². The largest absolute Gasteiger partial charge is 0.392 e. The number of hydroxylamine groups is 2. The molecule has 0 radical (unpaired) electrons. The number of rotatable bonds is 9. The van der Waals surface area contributed by atoms with Crippen LogP contribution in [0.4, 0.5) is 0 Å². The van der Waals surface area contributed by atoms with Crippen molar-refractivity contribution >= 4 is 6.41 Å². The lowest BCUT2D eigenvalue weighted by Crippen LogP contribution is -2.30. The molecule has 0 heterocycles. The number of hydrogen-bond acceptors (Lipinski definition) is 5. The number of amides is 1. The number of nitrogens with one attached hydrogen (secondary N) is 1. The number of aliphatic hydroxyl groups is 1. The van der Waals surface area contributed by atoms with Gasteiger partial charge in [0.1, 0.15) is 0 Å². The Morgan fingerprint density at radius 2 is 2.18 bits per heavy atom. The molecule has 2 atom stereocenters. The lowest BCUT2D eigenvalue weighted by atomic mass is 10.1. The molecule has 0 aliphatic carbocycles. The summed E-state index contributed by atoms with van der Waals surface area (Å²) in [5.74, 6) is 0. The van der Waals surface area contributed by atoms with E-state index in [0.29, 0.717) is 31.0 Å². The lowest BCUT2D eigenvalue weighted by molar-refractivity contribution is -0.147. The minimum absolute atomic E-state index is 0.0325. The zero-order valence-electron chi connectivity index (χ0n) is 10.5. The van der Waals surface area contributed by atoms with Gasteiger partial charge >= 0.3 is 0 Å². The van der Waals surface area contributed by atoms with E-state index < -0.39 is 6.10 Å². The van der Waals surface area contributed by atoms with E-state index in [9.17, 15) is 4.79 Å². The molecule has 1 unspecified atom stereocenters. The van der Waals surface area contributed by atoms with E-state index in [2.05, 4.69) is 5.32 Å². The quantitative estimate of drug-likeness (QED) is 0.189. The molecule has 0 spiro atoms. The first kappa shape index (κ1) is 16.1. The fourth-order valence-corrected chi connectivity index (χ4v) is 1.23. The first-order chi connectivity index (χ1) is 7.95. The molecule has 0 saturated carbocycles. The van der Waals surface area contributed by atoms with Crippen LogP contribution in [0.25, 0.3) is 0 Å². The minimum Gasteiger partial charge on any atom is -0.392 e. The number of aliphatic hydroxyl groups excluding tert-OH is 1. The number of hydrogen-bond donors (Lipinski definition) is 4. The average molecular weight is 245 g/mol. The van der Waals surface area contributed by atoms with Gasteiger partial charge in [-0.25, -0.2) is 5.06 Å². The molecule has 0 aromatic rings. The predicted octanol–water partition coefficient (Wildman–Crippen LogP) is -0.532. The smallest absolute Gasteiger partial charge is 0.233 e. The molecule has 6 heteroatoms. The zero-order valence-corrected chi connectivity index (χ0v) is 10.5. The maximum absolute atomic E-state index is 10.3. The van der Waals surface area contributed by atoms with Crippen LogP contribution in [0.2, 0.25) is 0 Å². The lowest BCUT2D eigenvalue weighted by Gasteiger charge is -2.14. The molecule has 0 fully saturated rings. The fourth-order valence-electron chi connectivity index (χ4n) is 1.23. The van der Waals surface area contributed by atoms with Crippen LogP contribution in [-0.2, 0) is 4.79 Å². The molecule has 0 rings (SSSR count). The molecular formula is C11H23N3O3. The molecule has 0 aromatic carbocycles. The Kier molecular flexibility index (Phi) is 8.61. The summed E-state index contributed by atoms with van der Waals surface area (Å²) < 4.78 is 0. The van der Waals surface area contributed by atoms with Crippen molar-refractivity contribution < 1.29 is 15.1 Å². The van der Waals surface area contributed by atoms with Crippen molar-refractivity contribution in [2.75, 3.05) is 19.6 Å². The second-order valence-corrected chi connectivity index (χ2v) is 4.26. The maximum Gasteiger partial charge on any atom is 0.233 e. The molecule has 0 aliphatic rings. The fraction of sp³-hybridized carbons (Fsp3) is 0.727. The Morgan fingerprint density at radius 3 is 2.65 bits per heavy atom. The van der Waals surface area contributed by atoms with Gasteiger partial charge in [0.15, 0.2) is 0 Å². The average Bonchev–Trinajstić information content (AvgIpc) is 2.24. The first-order valence-electron chi connectivity index (χ1n) is 5.68. The van der Waals surface area contributed by atoms with Crippen LogP contribution in [0.1, 0.15) is 20.3 Å². The van der Waals surface area contributed by atoms with Crippen molar-refractivity contribution in [2.45, 2.75) is 32.4 Å². The van der Waals surface area contributed by atoms with Crippen LogP contribution in [-0.4, -0.2) is 53.6 Å². The van der Waals surface area contributed by atoms with Crippen molar-refractivity contribution in [1.82, 2.24) is 10.4 Å². The number of carbonyl (C=O) groups is 1. The van der Waals surface area contributed by atoms with Gasteiger partial charge in [0.05, 0.1) is 12.6 Å². The SMILES string of the molecule is CC(O)CNC/C(=C/C[C@H](C)N)CN(O)C=O. The van der Waals surface area contributed by atoms with Gasteiger partial charge in [-0.2, -0.15) is 0 Å². The van der Waals surface area contributed by atoms with Gasteiger partial charge < -0.3 is 16.2 Å². The van der Waals surface area contributed by atoms with E-state index in [4.69, 9.17) is 16.0 Å². The third-order valence-electron chi connectivity index (χ3n) is 2.06. The summed E-state index contributed by atoms with van der Waals surface area (Å²) in [7, 11) is 0. The van der Waals surface area contributed by atoms with Crippen LogP contribution >= 0.6 is 0 Å². The van der Waals surface area contributed by atoms with E-state index >= 15 is 0 Å². The van der Waals surface area contributed by atoms with Crippen LogP contribution in [0.3, 0.4) is 0 Å². The summed E-state index contributed by atoms with van der Waals surface area (Å²) in [6.45, 7) is 4.67. The highest BCUT2D eigenvalue weighted by Gasteiger charge is 2.04. The predicted molar refractivity (Wildman–Crippen MR) is 65.5 cm³/mol. The number of nitrogens with zero attached hydrogens (tertiary/aromatic N) is 1. The van der Waals surface area contributed by atoms with Gasteiger partial charge in [-0.3, -0.25) is 10.0 Å². The molecule has 6 nitrogen and oxygen atoms in total. The van der Waals surface area contributed by atoms with Crippen molar-refractivity contribution in [3.05, 3.63) is 11.6 Å². The molecule has 100 valence electrons. The Hall–Kier alpha value is -0.950. The monoisotopic (exact) mass is 245 g/mol. The third kappa shape index (κ3) is 9.95. The topological polar surface area (TPSA) is 98.8 Å². The molecule has 17 heavy (non-hydrogen) atoms. The van der Waals surface area contributed by atoms with Crippen LogP contribution in [0, 0.1) is 0 Å². The van der Waals surface area contributed by atoms with E-state index in [1.54, 1.807) is 6.92 Å². The zero-order chi connectivity index (χ0) is 13.3. The normalized spacial score (nSPS) is 15.5. The van der Waals surface area contributed by atoms with Crippen LogP contribution in [0.15, 0.2) is 11.6 Å². The number of carbonyl (C=O) groups excluding carboxylic acids is 1. The highest BCUT2D eigenvalue weighted by atomic mass is 16.5. The standard InChI is InChI=1S/C11H23N3O3/c1-9(12)3-4-11(7-14(17)8-15)6-13-5-10(2)16/h4,8-10,13,16-17H,3,5-7,12H2,1-2H3/b11-4-/t9-,10?/m0/s1. The molecule has 1 amide bonds. The molecule has 0 aromatic heterocycles. The van der Waals surface area contributed by atoms with E-state index in [-0.39, 0.29) is 12.6 Å². The van der Waals surface area contributed by atoms with Crippen molar-refractivity contribution in [3.63, 3.8) is 0 Å². The first-order valence-corrected chi connectivity index (χ1v) is 5.68. The summed E-state index contributed by atoms with van der Waals surface area (Å²) in [5.41, 5.74) is 6.49. The highest BCUT2D eigenvalue weighted by Crippen LogP contribution is 1.99. The summed E-state index contributed by atoms with van der Waals surface area (Å²) in [6.07, 6.45) is 2.50. The second-order valence-electron chi connectivity index (χ2n) is 4.26. The molecular weight excluding hydrogens is 222 g/mol. The maximum atomic E-state index is 10.3. The van der Waals surface area contributed by atoms with Gasteiger partial charge in [-0.15, -0.1) is 0 Å². The third-order valence-corrected chi connectivity index (χ3v) is 2.06. The Bertz CT molecular complexity index is 242. The highest BCUT2D eigenvalue weighted by molar-refractivity contribution is 5.45. The second kappa shape index (κ2) is 9.12. The summed E-state index contributed by atoms with van der Waals surface area (Å²) >= 11 is 0. The molecule has 5 N–H and O–H groups in total. The Balaban J connectivity index is 4.19.